The van der Waals surface area contributed by atoms with Gasteiger partial charge in [-0.1, -0.05) is 0 Å². The number of hydrazone groups is 1. The smallest absolute Gasteiger partial charge is 0.329 e. The zero-order valence-electron chi connectivity index (χ0n) is 11.4. The van der Waals surface area contributed by atoms with Crippen molar-refractivity contribution in [3.63, 3.8) is 0 Å². The lowest BCUT2D eigenvalue weighted by molar-refractivity contribution is -0.139. The van der Waals surface area contributed by atoms with Gasteiger partial charge in [0.15, 0.2) is 0 Å². The molecule has 2 N–H and O–H groups in total. The Hall–Kier alpha value is -2.41. The van der Waals surface area contributed by atoms with Gasteiger partial charge < -0.3 is 14.8 Å². The van der Waals surface area contributed by atoms with Crippen LogP contribution in [0.2, 0.25) is 0 Å². The molecule has 0 radical (unpaired) electrons. The number of methoxy groups -OCH3 is 2. The van der Waals surface area contributed by atoms with E-state index >= 15 is 0 Å². The van der Waals surface area contributed by atoms with Gasteiger partial charge >= 0.3 is 11.8 Å². The van der Waals surface area contributed by atoms with E-state index in [4.69, 9.17) is 9.47 Å². The fourth-order valence-corrected chi connectivity index (χ4v) is 1.25. The Morgan fingerprint density at radius 3 is 2.50 bits per heavy atom. The second-order valence-corrected chi connectivity index (χ2v) is 3.72. The molecule has 0 aliphatic rings. The molecule has 0 atom stereocenters. The molecule has 0 aliphatic heterocycles. The van der Waals surface area contributed by atoms with Crippen LogP contribution in [0.15, 0.2) is 29.4 Å². The van der Waals surface area contributed by atoms with E-state index in [1.807, 2.05) is 0 Å². The lowest BCUT2D eigenvalue weighted by atomic mass is 10.2. The normalized spacial score (nSPS) is 10.3. The Labute approximate surface area is 117 Å². The van der Waals surface area contributed by atoms with E-state index < -0.39 is 11.8 Å². The van der Waals surface area contributed by atoms with Crippen molar-refractivity contribution in [3.8, 4) is 5.75 Å². The summed E-state index contributed by atoms with van der Waals surface area (Å²) in [5.74, 6) is -0.858. The van der Waals surface area contributed by atoms with E-state index in [2.05, 4.69) is 15.8 Å². The fraction of sp³-hybridized carbons (Fsp3) is 0.308. The number of benzene rings is 1. The Balaban J connectivity index is 2.39. The average molecular weight is 279 g/mol. The highest BCUT2D eigenvalue weighted by Gasteiger charge is 2.10. The van der Waals surface area contributed by atoms with E-state index in [-0.39, 0.29) is 6.54 Å². The highest BCUT2D eigenvalue weighted by Crippen LogP contribution is 2.09. The SMILES string of the molecule is COCCNC(=O)C(=O)N/N=C/c1ccc(OC)cc1. The number of nitrogens with one attached hydrogen (secondary N) is 2. The summed E-state index contributed by atoms with van der Waals surface area (Å²) in [5, 5.41) is 6.07. The number of rotatable bonds is 6. The van der Waals surface area contributed by atoms with Crippen molar-refractivity contribution in [2.24, 2.45) is 5.10 Å². The highest BCUT2D eigenvalue weighted by molar-refractivity contribution is 6.35. The molecule has 2 amide bonds. The Bertz CT molecular complexity index is 471. The summed E-state index contributed by atoms with van der Waals surface area (Å²) < 4.78 is 9.76. The van der Waals surface area contributed by atoms with Crippen molar-refractivity contribution in [3.05, 3.63) is 29.8 Å². The van der Waals surface area contributed by atoms with Crippen LogP contribution in [0.4, 0.5) is 0 Å². The quantitative estimate of drug-likeness (QED) is 0.329. The van der Waals surface area contributed by atoms with Gasteiger partial charge in [-0.05, 0) is 29.8 Å². The minimum Gasteiger partial charge on any atom is -0.497 e. The molecule has 0 aromatic heterocycles. The third-order valence-electron chi connectivity index (χ3n) is 2.29. The summed E-state index contributed by atoms with van der Waals surface area (Å²) in [5.41, 5.74) is 2.90. The molecule has 1 aromatic rings. The van der Waals surface area contributed by atoms with Gasteiger partial charge in [0.1, 0.15) is 5.75 Å². The number of hydrogen-bond acceptors (Lipinski definition) is 5. The van der Waals surface area contributed by atoms with E-state index in [1.54, 1.807) is 31.4 Å². The van der Waals surface area contributed by atoms with Crippen LogP contribution >= 0.6 is 0 Å². The lowest BCUT2D eigenvalue weighted by Crippen LogP contribution is -2.39. The maximum atomic E-state index is 11.3. The fourth-order valence-electron chi connectivity index (χ4n) is 1.25. The topological polar surface area (TPSA) is 89.0 Å². The molecular weight excluding hydrogens is 262 g/mol. The van der Waals surface area contributed by atoms with Gasteiger partial charge in [-0.2, -0.15) is 5.10 Å². The number of ether oxygens (including phenoxy) is 2. The molecule has 0 saturated carbocycles. The Morgan fingerprint density at radius 2 is 1.90 bits per heavy atom. The van der Waals surface area contributed by atoms with Gasteiger partial charge in [-0.25, -0.2) is 5.43 Å². The Kier molecular flexibility index (Phi) is 6.77. The minimum absolute atomic E-state index is 0.269. The predicted octanol–water partition coefficient (Wildman–Crippen LogP) is -0.0921. The molecule has 0 bridgehead atoms. The lowest BCUT2D eigenvalue weighted by Gasteiger charge is -2.02. The van der Waals surface area contributed by atoms with E-state index in [0.717, 1.165) is 11.3 Å². The summed E-state index contributed by atoms with van der Waals surface area (Å²) in [6.45, 7) is 0.610. The van der Waals surface area contributed by atoms with Crippen LogP contribution in [0.25, 0.3) is 0 Å². The van der Waals surface area contributed by atoms with Crippen LogP contribution in [-0.4, -0.2) is 45.4 Å². The van der Waals surface area contributed by atoms with Gasteiger partial charge in [-0.15, -0.1) is 0 Å². The molecule has 108 valence electrons. The third kappa shape index (κ3) is 5.49. The van der Waals surface area contributed by atoms with E-state index in [0.29, 0.717) is 6.61 Å². The Morgan fingerprint density at radius 1 is 1.20 bits per heavy atom. The standard InChI is InChI=1S/C13H17N3O4/c1-19-8-7-14-12(17)13(18)16-15-9-10-3-5-11(20-2)6-4-10/h3-6,9H,7-8H2,1-2H3,(H,14,17)(H,16,18)/b15-9+. The van der Waals surface area contributed by atoms with Crippen molar-refractivity contribution in [2.75, 3.05) is 27.4 Å². The number of carbonyl (C=O) groups is 2. The van der Waals surface area contributed by atoms with Crippen LogP contribution < -0.4 is 15.5 Å². The molecule has 1 aromatic carbocycles. The van der Waals surface area contributed by atoms with Crippen molar-refractivity contribution in [2.45, 2.75) is 0 Å². The first kappa shape index (κ1) is 15.6. The van der Waals surface area contributed by atoms with Crippen molar-refractivity contribution < 1.29 is 19.1 Å². The van der Waals surface area contributed by atoms with Gasteiger partial charge in [0.25, 0.3) is 0 Å². The first-order chi connectivity index (χ1) is 9.67. The third-order valence-corrected chi connectivity index (χ3v) is 2.29. The van der Waals surface area contributed by atoms with E-state index in [9.17, 15) is 9.59 Å². The number of carbonyl (C=O) groups excluding carboxylic acids is 2. The molecule has 0 aliphatic carbocycles. The molecule has 0 spiro atoms. The monoisotopic (exact) mass is 279 g/mol. The average Bonchev–Trinajstić information content (AvgIpc) is 2.48. The van der Waals surface area contributed by atoms with Crippen LogP contribution in [0.3, 0.4) is 0 Å². The molecule has 0 unspecified atom stereocenters. The first-order valence-corrected chi connectivity index (χ1v) is 5.91. The molecule has 7 heteroatoms. The van der Waals surface area contributed by atoms with Gasteiger partial charge in [0, 0.05) is 13.7 Å². The van der Waals surface area contributed by atoms with Gasteiger partial charge in [-0.3, -0.25) is 9.59 Å². The maximum Gasteiger partial charge on any atom is 0.329 e. The molecule has 7 nitrogen and oxygen atoms in total. The molecule has 20 heavy (non-hydrogen) atoms. The van der Waals surface area contributed by atoms with E-state index in [1.165, 1.54) is 13.3 Å². The van der Waals surface area contributed by atoms with Crippen molar-refractivity contribution in [1.82, 2.24) is 10.7 Å². The number of nitrogens with zero attached hydrogens (tertiary/aromatic N) is 1. The summed E-state index contributed by atoms with van der Waals surface area (Å²) in [6, 6.07) is 7.07. The van der Waals surface area contributed by atoms with Crippen molar-refractivity contribution in [1.29, 1.82) is 0 Å². The summed E-state index contributed by atoms with van der Waals surface area (Å²) in [7, 11) is 3.08. The van der Waals surface area contributed by atoms with Crippen LogP contribution in [-0.2, 0) is 14.3 Å². The summed E-state index contributed by atoms with van der Waals surface area (Å²) in [4.78, 5) is 22.6. The summed E-state index contributed by atoms with van der Waals surface area (Å²) in [6.07, 6.45) is 1.43. The van der Waals surface area contributed by atoms with Crippen LogP contribution in [0, 0.1) is 0 Å². The molecule has 1 rings (SSSR count). The van der Waals surface area contributed by atoms with Gasteiger partial charge in [0.2, 0.25) is 0 Å². The number of amides is 2. The number of hydrogen-bond donors (Lipinski definition) is 2. The zero-order chi connectivity index (χ0) is 14.8. The molecule has 0 heterocycles. The van der Waals surface area contributed by atoms with Crippen LogP contribution in [0.1, 0.15) is 5.56 Å². The second kappa shape index (κ2) is 8.65. The second-order valence-electron chi connectivity index (χ2n) is 3.72. The summed E-state index contributed by atoms with van der Waals surface area (Å²) >= 11 is 0. The molecular formula is C13H17N3O4. The van der Waals surface area contributed by atoms with Crippen molar-refractivity contribution >= 4 is 18.0 Å². The predicted molar refractivity (Wildman–Crippen MR) is 73.6 cm³/mol. The first-order valence-electron chi connectivity index (χ1n) is 5.91. The maximum absolute atomic E-state index is 11.3. The largest absolute Gasteiger partial charge is 0.497 e. The zero-order valence-corrected chi connectivity index (χ0v) is 11.4. The molecule has 0 fully saturated rings. The van der Waals surface area contributed by atoms with Gasteiger partial charge in [0.05, 0.1) is 19.9 Å². The highest BCUT2D eigenvalue weighted by atomic mass is 16.5. The van der Waals surface area contributed by atoms with Crippen LogP contribution in [0.5, 0.6) is 5.75 Å². The molecule has 0 saturated heterocycles. The minimum atomic E-state index is -0.828.